The van der Waals surface area contributed by atoms with E-state index in [0.717, 1.165) is 15.5 Å². The molecule has 116 valence electrons. The summed E-state index contributed by atoms with van der Waals surface area (Å²) in [5.41, 5.74) is 7.72. The molecule has 1 heterocycles. The fourth-order valence-electron chi connectivity index (χ4n) is 2.02. The molecule has 2 aromatic carbocycles. The van der Waals surface area contributed by atoms with Gasteiger partial charge in [0, 0.05) is 16.5 Å². The predicted octanol–water partition coefficient (Wildman–Crippen LogP) is 4.48. The van der Waals surface area contributed by atoms with Crippen molar-refractivity contribution in [3.05, 3.63) is 71.5 Å². The highest BCUT2D eigenvalue weighted by molar-refractivity contribution is 7.99. The highest BCUT2D eigenvalue weighted by Crippen LogP contribution is 2.33. The highest BCUT2D eigenvalue weighted by atomic mass is 35.5. The first-order valence-corrected chi connectivity index (χ1v) is 8.24. The average molecular weight is 343 g/mol. The Hall–Kier alpha value is -2.24. The molecule has 3 rings (SSSR count). The van der Waals surface area contributed by atoms with Gasteiger partial charge in [-0.25, -0.2) is 9.97 Å². The molecule has 0 fully saturated rings. The van der Waals surface area contributed by atoms with Gasteiger partial charge in [0.15, 0.2) is 5.82 Å². The van der Waals surface area contributed by atoms with Crippen LogP contribution in [0.15, 0.2) is 70.8 Å². The van der Waals surface area contributed by atoms with Gasteiger partial charge in [-0.2, -0.15) is 0 Å². The van der Waals surface area contributed by atoms with Crippen molar-refractivity contribution in [1.82, 2.24) is 9.97 Å². The monoisotopic (exact) mass is 342 g/mol. The van der Waals surface area contributed by atoms with Crippen molar-refractivity contribution in [3.63, 3.8) is 0 Å². The van der Waals surface area contributed by atoms with Gasteiger partial charge in [-0.3, -0.25) is 0 Å². The molecule has 0 spiro atoms. The zero-order valence-electron chi connectivity index (χ0n) is 12.2. The molecular weight excluding hydrogens is 328 g/mol. The van der Waals surface area contributed by atoms with Gasteiger partial charge < -0.3 is 11.1 Å². The molecule has 6 heteroatoms. The Morgan fingerprint density at radius 3 is 2.52 bits per heavy atom. The smallest absolute Gasteiger partial charge is 0.154 e. The van der Waals surface area contributed by atoms with Gasteiger partial charge >= 0.3 is 0 Å². The molecule has 3 aromatic rings. The standard InChI is InChI=1S/C17H15ClN4S/c18-14-9-5-4-6-12(14)10-20-16-15(19)17(22-11-21-16)23-13-7-2-1-3-8-13/h1-9,11H,10,19H2,(H,20,21,22). The molecule has 0 aliphatic carbocycles. The Bertz CT molecular complexity index is 796. The quantitative estimate of drug-likeness (QED) is 0.669. The van der Waals surface area contributed by atoms with Crippen LogP contribution in [0.2, 0.25) is 5.02 Å². The number of halogens is 1. The molecule has 0 unspecified atom stereocenters. The summed E-state index contributed by atoms with van der Waals surface area (Å²) in [6, 6.07) is 17.6. The molecule has 0 radical (unpaired) electrons. The fraction of sp³-hybridized carbons (Fsp3) is 0.0588. The van der Waals surface area contributed by atoms with Gasteiger partial charge in [-0.1, -0.05) is 59.8 Å². The second-order valence-electron chi connectivity index (χ2n) is 4.80. The van der Waals surface area contributed by atoms with Crippen molar-refractivity contribution >= 4 is 34.9 Å². The lowest BCUT2D eigenvalue weighted by Crippen LogP contribution is -2.06. The summed E-state index contributed by atoms with van der Waals surface area (Å²) in [6.07, 6.45) is 1.51. The molecule has 3 N–H and O–H groups in total. The first kappa shape index (κ1) is 15.6. The normalized spacial score (nSPS) is 10.5. The molecule has 0 atom stereocenters. The number of hydrogen-bond donors (Lipinski definition) is 2. The maximum absolute atomic E-state index is 6.19. The van der Waals surface area contributed by atoms with Crippen LogP contribution in [0.5, 0.6) is 0 Å². The van der Waals surface area contributed by atoms with Crippen LogP contribution in [0.1, 0.15) is 5.56 Å². The molecule has 0 saturated heterocycles. The van der Waals surface area contributed by atoms with Crippen LogP contribution in [-0.4, -0.2) is 9.97 Å². The number of aromatic nitrogens is 2. The van der Waals surface area contributed by atoms with Crippen LogP contribution >= 0.6 is 23.4 Å². The van der Waals surface area contributed by atoms with E-state index < -0.39 is 0 Å². The zero-order valence-corrected chi connectivity index (χ0v) is 13.8. The van der Waals surface area contributed by atoms with Gasteiger partial charge in [0.05, 0.1) is 0 Å². The van der Waals surface area contributed by atoms with E-state index in [1.165, 1.54) is 18.1 Å². The zero-order chi connectivity index (χ0) is 16.1. The van der Waals surface area contributed by atoms with E-state index in [9.17, 15) is 0 Å². The van der Waals surface area contributed by atoms with Gasteiger partial charge in [-0.05, 0) is 23.8 Å². The van der Waals surface area contributed by atoms with E-state index in [2.05, 4.69) is 15.3 Å². The van der Waals surface area contributed by atoms with Crippen LogP contribution < -0.4 is 11.1 Å². The largest absolute Gasteiger partial charge is 0.394 e. The molecule has 0 amide bonds. The molecule has 0 bridgehead atoms. The summed E-state index contributed by atoms with van der Waals surface area (Å²) in [5, 5.41) is 4.67. The van der Waals surface area contributed by atoms with Crippen LogP contribution in [0, 0.1) is 0 Å². The lowest BCUT2D eigenvalue weighted by Gasteiger charge is -2.11. The van der Waals surface area contributed by atoms with E-state index in [4.69, 9.17) is 17.3 Å². The maximum Gasteiger partial charge on any atom is 0.154 e. The third-order valence-corrected chi connectivity index (χ3v) is 4.60. The summed E-state index contributed by atoms with van der Waals surface area (Å²) in [7, 11) is 0. The Morgan fingerprint density at radius 1 is 1.00 bits per heavy atom. The number of hydrogen-bond acceptors (Lipinski definition) is 5. The van der Waals surface area contributed by atoms with Gasteiger partial charge in [0.25, 0.3) is 0 Å². The number of anilines is 2. The lowest BCUT2D eigenvalue weighted by molar-refractivity contribution is 1.03. The second kappa shape index (κ2) is 7.35. The van der Waals surface area contributed by atoms with Crippen molar-refractivity contribution in [2.75, 3.05) is 11.1 Å². The number of benzene rings is 2. The molecule has 4 nitrogen and oxygen atoms in total. The Kier molecular flexibility index (Phi) is 5.00. The van der Waals surface area contributed by atoms with E-state index >= 15 is 0 Å². The van der Waals surface area contributed by atoms with Gasteiger partial charge in [0.2, 0.25) is 0 Å². The number of nitrogens with one attached hydrogen (secondary N) is 1. The minimum Gasteiger partial charge on any atom is -0.394 e. The maximum atomic E-state index is 6.19. The molecule has 1 aromatic heterocycles. The molecule has 0 aliphatic heterocycles. The molecular formula is C17H15ClN4S. The van der Waals surface area contributed by atoms with Crippen LogP contribution in [-0.2, 0) is 6.54 Å². The van der Waals surface area contributed by atoms with Gasteiger partial charge in [-0.15, -0.1) is 0 Å². The average Bonchev–Trinajstić information content (AvgIpc) is 2.58. The second-order valence-corrected chi connectivity index (χ2v) is 6.27. The minimum absolute atomic E-state index is 0.536. The topological polar surface area (TPSA) is 63.8 Å². The van der Waals surface area contributed by atoms with Crippen molar-refractivity contribution in [2.24, 2.45) is 0 Å². The lowest BCUT2D eigenvalue weighted by atomic mass is 10.2. The Balaban J connectivity index is 1.76. The SMILES string of the molecule is Nc1c(NCc2ccccc2Cl)ncnc1Sc1ccccc1. The van der Waals surface area contributed by atoms with Crippen LogP contribution in [0.4, 0.5) is 11.5 Å². The highest BCUT2D eigenvalue weighted by Gasteiger charge is 2.10. The summed E-state index contributed by atoms with van der Waals surface area (Å²) >= 11 is 7.67. The number of nitrogens with two attached hydrogens (primary N) is 1. The Morgan fingerprint density at radius 2 is 1.74 bits per heavy atom. The number of nitrogen functional groups attached to an aromatic ring is 1. The first-order chi connectivity index (χ1) is 11.2. The summed E-state index contributed by atoms with van der Waals surface area (Å²) < 4.78 is 0. The third-order valence-electron chi connectivity index (χ3n) is 3.21. The number of nitrogens with zero attached hydrogens (tertiary/aromatic N) is 2. The molecule has 0 aliphatic rings. The van der Waals surface area contributed by atoms with E-state index in [1.807, 2.05) is 54.6 Å². The van der Waals surface area contributed by atoms with Crippen LogP contribution in [0.3, 0.4) is 0 Å². The predicted molar refractivity (Wildman–Crippen MR) is 95.8 cm³/mol. The third kappa shape index (κ3) is 3.94. The fourth-order valence-corrected chi connectivity index (χ4v) is 3.05. The Labute approximate surface area is 144 Å². The van der Waals surface area contributed by atoms with Crippen molar-refractivity contribution in [2.45, 2.75) is 16.5 Å². The van der Waals surface area contributed by atoms with Crippen LogP contribution in [0.25, 0.3) is 0 Å². The first-order valence-electron chi connectivity index (χ1n) is 7.04. The van der Waals surface area contributed by atoms with Crippen molar-refractivity contribution in [1.29, 1.82) is 0 Å². The molecule has 0 saturated carbocycles. The number of rotatable bonds is 5. The summed E-state index contributed by atoms with van der Waals surface area (Å²) in [6.45, 7) is 0.552. The summed E-state index contributed by atoms with van der Waals surface area (Å²) in [4.78, 5) is 9.57. The molecule has 23 heavy (non-hydrogen) atoms. The van der Waals surface area contributed by atoms with Gasteiger partial charge in [0.1, 0.15) is 17.0 Å². The van der Waals surface area contributed by atoms with E-state index in [1.54, 1.807) is 0 Å². The van der Waals surface area contributed by atoms with E-state index in [-0.39, 0.29) is 0 Å². The summed E-state index contributed by atoms with van der Waals surface area (Å²) in [5.74, 6) is 0.610. The minimum atomic E-state index is 0.536. The van der Waals surface area contributed by atoms with E-state index in [0.29, 0.717) is 23.1 Å². The van der Waals surface area contributed by atoms with Crippen molar-refractivity contribution in [3.8, 4) is 0 Å². The van der Waals surface area contributed by atoms with Crippen molar-refractivity contribution < 1.29 is 0 Å².